The lowest BCUT2D eigenvalue weighted by Crippen LogP contribution is -2.13. The third kappa shape index (κ3) is 3.90. The maximum absolute atomic E-state index is 12.8. The van der Waals surface area contributed by atoms with Crippen molar-refractivity contribution < 1.29 is 13.9 Å². The molecular formula is C26H22O4. The molecule has 3 aromatic carbocycles. The molecule has 1 aromatic heterocycles. The Balaban J connectivity index is 1.60. The van der Waals surface area contributed by atoms with E-state index in [0.717, 1.165) is 11.1 Å². The molecule has 0 spiro atoms. The Kier molecular flexibility index (Phi) is 5.00. The monoisotopic (exact) mass is 398 g/mol. The van der Waals surface area contributed by atoms with Crippen molar-refractivity contribution in [3.63, 3.8) is 0 Å². The van der Waals surface area contributed by atoms with E-state index in [1.807, 2.05) is 42.5 Å². The van der Waals surface area contributed by atoms with Crippen LogP contribution in [0, 0.1) is 0 Å². The fourth-order valence-corrected chi connectivity index (χ4v) is 3.26. The summed E-state index contributed by atoms with van der Waals surface area (Å²) < 4.78 is 11.2. The highest BCUT2D eigenvalue weighted by atomic mass is 16.5. The van der Waals surface area contributed by atoms with E-state index in [1.54, 1.807) is 30.3 Å². The molecule has 0 N–H and O–H groups in total. The predicted octanol–water partition coefficient (Wildman–Crippen LogP) is 5.98. The summed E-state index contributed by atoms with van der Waals surface area (Å²) in [6.07, 6.45) is 1.44. The van der Waals surface area contributed by atoms with Crippen molar-refractivity contribution in [2.45, 2.75) is 26.2 Å². The SMILES string of the molecule is CC(C)(C)c1ccc(C(=O)Oc2ccc3c(=O)c(-c4ccccc4)coc3c2)cc1. The smallest absolute Gasteiger partial charge is 0.343 e. The molecule has 4 heteroatoms. The van der Waals surface area contributed by atoms with Gasteiger partial charge in [0, 0.05) is 6.07 Å². The lowest BCUT2D eigenvalue weighted by Gasteiger charge is -2.18. The molecule has 4 aromatic rings. The van der Waals surface area contributed by atoms with Gasteiger partial charge in [0.25, 0.3) is 0 Å². The Labute approximate surface area is 174 Å². The zero-order valence-corrected chi connectivity index (χ0v) is 17.1. The van der Waals surface area contributed by atoms with Crippen molar-refractivity contribution in [2.75, 3.05) is 0 Å². The molecule has 0 saturated carbocycles. The molecule has 0 atom stereocenters. The zero-order valence-electron chi connectivity index (χ0n) is 17.1. The first-order valence-electron chi connectivity index (χ1n) is 9.77. The molecule has 0 aliphatic rings. The van der Waals surface area contributed by atoms with Crippen LogP contribution in [0.4, 0.5) is 0 Å². The molecule has 0 unspecified atom stereocenters. The van der Waals surface area contributed by atoms with Gasteiger partial charge in [-0.2, -0.15) is 0 Å². The molecule has 0 radical (unpaired) electrons. The number of benzene rings is 3. The number of carbonyl (C=O) groups is 1. The predicted molar refractivity (Wildman–Crippen MR) is 118 cm³/mol. The van der Waals surface area contributed by atoms with Gasteiger partial charge < -0.3 is 9.15 Å². The number of hydrogen-bond acceptors (Lipinski definition) is 4. The van der Waals surface area contributed by atoms with Crippen molar-refractivity contribution >= 4 is 16.9 Å². The topological polar surface area (TPSA) is 56.5 Å². The van der Waals surface area contributed by atoms with Crippen LogP contribution in [-0.2, 0) is 5.41 Å². The summed E-state index contributed by atoms with van der Waals surface area (Å²) in [4.78, 5) is 25.3. The second kappa shape index (κ2) is 7.64. The molecule has 4 nitrogen and oxygen atoms in total. The third-order valence-corrected chi connectivity index (χ3v) is 5.03. The van der Waals surface area contributed by atoms with Crippen LogP contribution in [0.1, 0.15) is 36.7 Å². The number of hydrogen-bond donors (Lipinski definition) is 0. The first-order valence-corrected chi connectivity index (χ1v) is 9.77. The Morgan fingerprint density at radius 1 is 0.900 bits per heavy atom. The van der Waals surface area contributed by atoms with E-state index >= 15 is 0 Å². The molecular weight excluding hydrogens is 376 g/mol. The van der Waals surface area contributed by atoms with E-state index in [-0.39, 0.29) is 10.8 Å². The van der Waals surface area contributed by atoms with Gasteiger partial charge in [-0.1, -0.05) is 63.2 Å². The number of rotatable bonds is 3. The summed E-state index contributed by atoms with van der Waals surface area (Å²) in [5.41, 5.74) is 3.14. The molecule has 1 heterocycles. The van der Waals surface area contributed by atoms with Crippen LogP contribution in [0.2, 0.25) is 0 Å². The minimum absolute atomic E-state index is 0.0108. The molecule has 0 fully saturated rings. The van der Waals surface area contributed by atoms with E-state index in [1.165, 1.54) is 6.26 Å². The maximum Gasteiger partial charge on any atom is 0.343 e. The molecule has 0 amide bonds. The van der Waals surface area contributed by atoms with Crippen LogP contribution < -0.4 is 10.2 Å². The Morgan fingerprint density at radius 2 is 1.60 bits per heavy atom. The average Bonchev–Trinajstić information content (AvgIpc) is 2.74. The normalized spacial score (nSPS) is 11.4. The highest BCUT2D eigenvalue weighted by molar-refractivity contribution is 5.92. The Hall–Kier alpha value is -3.66. The van der Waals surface area contributed by atoms with Gasteiger partial charge >= 0.3 is 5.97 Å². The fraction of sp³-hybridized carbons (Fsp3) is 0.154. The highest BCUT2D eigenvalue weighted by Crippen LogP contribution is 2.25. The van der Waals surface area contributed by atoms with Crippen molar-refractivity contribution in [1.82, 2.24) is 0 Å². The van der Waals surface area contributed by atoms with Gasteiger partial charge in [0.2, 0.25) is 0 Å². The molecule has 0 aliphatic carbocycles. The number of fused-ring (bicyclic) bond motifs is 1. The third-order valence-electron chi connectivity index (χ3n) is 5.03. The molecule has 0 saturated heterocycles. The summed E-state index contributed by atoms with van der Waals surface area (Å²) in [6.45, 7) is 6.35. The van der Waals surface area contributed by atoms with Crippen LogP contribution in [0.5, 0.6) is 5.75 Å². The minimum atomic E-state index is -0.460. The Bertz CT molecular complexity index is 1260. The molecule has 4 rings (SSSR count). The van der Waals surface area contributed by atoms with Gasteiger partial charge in [-0.25, -0.2) is 4.79 Å². The van der Waals surface area contributed by atoms with E-state index in [2.05, 4.69) is 20.8 Å². The second-order valence-electron chi connectivity index (χ2n) is 8.22. The lowest BCUT2D eigenvalue weighted by atomic mass is 9.87. The summed E-state index contributed by atoms with van der Waals surface area (Å²) in [7, 11) is 0. The quantitative estimate of drug-likeness (QED) is 0.315. The van der Waals surface area contributed by atoms with Crippen LogP contribution in [0.15, 0.2) is 88.3 Å². The van der Waals surface area contributed by atoms with Crippen molar-refractivity contribution in [3.8, 4) is 16.9 Å². The van der Waals surface area contributed by atoms with Crippen LogP contribution in [0.3, 0.4) is 0 Å². The summed E-state index contributed by atoms with van der Waals surface area (Å²) in [6, 6.07) is 21.5. The van der Waals surface area contributed by atoms with Crippen LogP contribution in [-0.4, -0.2) is 5.97 Å². The van der Waals surface area contributed by atoms with Gasteiger partial charge in [0.05, 0.1) is 16.5 Å². The van der Waals surface area contributed by atoms with Crippen LogP contribution in [0.25, 0.3) is 22.1 Å². The van der Waals surface area contributed by atoms with E-state index in [4.69, 9.17) is 9.15 Å². The molecule has 0 bridgehead atoms. The molecule has 0 aliphatic heterocycles. The van der Waals surface area contributed by atoms with Gasteiger partial charge in [-0.3, -0.25) is 4.79 Å². The van der Waals surface area contributed by atoms with Crippen molar-refractivity contribution in [2.24, 2.45) is 0 Å². The first-order chi connectivity index (χ1) is 14.3. The maximum atomic E-state index is 12.8. The van der Waals surface area contributed by atoms with E-state index in [0.29, 0.717) is 27.8 Å². The first kappa shape index (κ1) is 19.6. The second-order valence-corrected chi connectivity index (χ2v) is 8.22. The fourth-order valence-electron chi connectivity index (χ4n) is 3.26. The number of esters is 1. The molecule has 150 valence electrons. The largest absolute Gasteiger partial charge is 0.463 e. The molecule has 30 heavy (non-hydrogen) atoms. The van der Waals surface area contributed by atoms with Gasteiger partial charge in [-0.05, 0) is 40.8 Å². The number of ether oxygens (including phenoxy) is 1. The van der Waals surface area contributed by atoms with Crippen LogP contribution >= 0.6 is 0 Å². The number of carbonyl (C=O) groups excluding carboxylic acids is 1. The van der Waals surface area contributed by atoms with Gasteiger partial charge in [-0.15, -0.1) is 0 Å². The zero-order chi connectivity index (χ0) is 21.3. The summed E-state index contributed by atoms with van der Waals surface area (Å²) in [5, 5.41) is 0.436. The van der Waals surface area contributed by atoms with Gasteiger partial charge in [0.1, 0.15) is 17.6 Å². The van der Waals surface area contributed by atoms with E-state index < -0.39 is 5.97 Å². The van der Waals surface area contributed by atoms with Crippen molar-refractivity contribution in [1.29, 1.82) is 0 Å². The average molecular weight is 398 g/mol. The van der Waals surface area contributed by atoms with Crippen molar-refractivity contribution in [3.05, 3.63) is 100 Å². The Morgan fingerprint density at radius 3 is 2.27 bits per heavy atom. The lowest BCUT2D eigenvalue weighted by molar-refractivity contribution is 0.0735. The van der Waals surface area contributed by atoms with E-state index in [9.17, 15) is 9.59 Å². The summed E-state index contributed by atoms with van der Waals surface area (Å²) in [5.74, 6) is -0.138. The standard InChI is InChI=1S/C26H22O4/c1-26(2,3)19-11-9-18(10-12-19)25(28)30-20-13-14-21-23(15-20)29-16-22(24(21)27)17-7-5-4-6-8-17/h4-16H,1-3H3. The highest BCUT2D eigenvalue weighted by Gasteiger charge is 2.16. The summed E-state index contributed by atoms with van der Waals surface area (Å²) >= 11 is 0. The minimum Gasteiger partial charge on any atom is -0.463 e. The van der Waals surface area contributed by atoms with Gasteiger partial charge in [0.15, 0.2) is 5.43 Å².